The van der Waals surface area contributed by atoms with E-state index in [2.05, 4.69) is 33.1 Å². The first kappa shape index (κ1) is 17.7. The molecule has 156 valence electrons. The number of hydrogen-bond donors (Lipinski definition) is 5. The lowest BCUT2D eigenvalue weighted by Gasteiger charge is -2.36. The smallest absolute Gasteiger partial charge is 0.217 e. The standard InChI is InChI=1S/C26H20N4O2/c31-25-21(15-9-7-13-3-1-5-17-19(13)23(15)29-11-27-17)26(32)22(25)16-10-8-14-4-2-6-18-20(14)24(16)30-12-28-18/h1-10,21,25,27-29,31H,11-12H2/p+1. The van der Waals surface area contributed by atoms with E-state index in [1.165, 1.54) is 0 Å². The predicted molar refractivity (Wildman–Crippen MR) is 125 cm³/mol. The van der Waals surface area contributed by atoms with Gasteiger partial charge in [-0.3, -0.25) is 4.79 Å². The number of aliphatic hydroxyl groups excluding tert-OH is 1. The Morgan fingerprint density at radius 3 is 2.41 bits per heavy atom. The van der Waals surface area contributed by atoms with E-state index in [-0.39, 0.29) is 5.78 Å². The molecule has 3 aliphatic rings. The average molecular weight is 421 g/mol. The van der Waals surface area contributed by atoms with Crippen LogP contribution in [0.25, 0.3) is 27.1 Å². The van der Waals surface area contributed by atoms with E-state index in [0.717, 1.165) is 54.7 Å². The summed E-state index contributed by atoms with van der Waals surface area (Å²) in [6.07, 6.45) is -0.849. The lowest BCUT2D eigenvalue weighted by molar-refractivity contribution is -0.494. The van der Waals surface area contributed by atoms with Gasteiger partial charge in [-0.05, 0) is 34.5 Å². The maximum Gasteiger partial charge on any atom is 0.217 e. The Morgan fingerprint density at radius 2 is 1.59 bits per heavy atom. The number of carbonyl (C=O) groups excluding carboxylic acids is 1. The van der Waals surface area contributed by atoms with Crippen LogP contribution in [0, 0.1) is 0 Å². The van der Waals surface area contributed by atoms with Gasteiger partial charge in [0.15, 0.2) is 5.78 Å². The first-order valence-electron chi connectivity index (χ1n) is 10.9. The SMILES string of the molecule is O=C1C(=c2ccc3cccc4c3c2=[NH+]CN4)C(O)C1c1ccc2cccc3c2c1NCN3. The topological polar surface area (TPSA) is 87.4 Å². The molecule has 4 aromatic rings. The van der Waals surface area contributed by atoms with Crippen LogP contribution in [0.1, 0.15) is 11.5 Å². The summed E-state index contributed by atoms with van der Waals surface area (Å²) in [4.78, 5) is 16.9. The predicted octanol–water partition coefficient (Wildman–Crippen LogP) is 0.749. The molecule has 1 aliphatic carbocycles. The molecule has 2 heterocycles. The molecular formula is C26H21N4O2+. The second-order valence-electron chi connectivity index (χ2n) is 8.59. The highest BCUT2D eigenvalue weighted by atomic mass is 16.3. The number of anilines is 3. The Morgan fingerprint density at radius 1 is 0.844 bits per heavy atom. The lowest BCUT2D eigenvalue weighted by atomic mass is 9.69. The molecule has 0 radical (unpaired) electrons. The van der Waals surface area contributed by atoms with Crippen LogP contribution in [0.3, 0.4) is 0 Å². The minimum atomic E-state index is -0.849. The first-order chi connectivity index (χ1) is 15.7. The van der Waals surface area contributed by atoms with Gasteiger partial charge in [0, 0.05) is 22.3 Å². The molecule has 6 heteroatoms. The fourth-order valence-electron chi connectivity index (χ4n) is 5.51. The molecular weight excluding hydrogens is 400 g/mol. The van der Waals surface area contributed by atoms with Crippen LogP contribution in [0.2, 0.25) is 0 Å². The second kappa shape index (κ2) is 6.31. The number of rotatable bonds is 1. The number of ketones is 1. The first-order valence-corrected chi connectivity index (χ1v) is 10.9. The molecule has 5 N–H and O–H groups in total. The number of carbonyl (C=O) groups is 1. The van der Waals surface area contributed by atoms with E-state index in [0.29, 0.717) is 18.9 Å². The fraction of sp³-hybridized carbons (Fsp3) is 0.154. The summed E-state index contributed by atoms with van der Waals surface area (Å²) in [7, 11) is 0. The van der Waals surface area contributed by atoms with Crippen molar-refractivity contribution in [1.82, 2.24) is 0 Å². The molecule has 2 unspecified atom stereocenters. The normalized spacial score (nSPS) is 22.5. The van der Waals surface area contributed by atoms with Crippen molar-refractivity contribution in [3.05, 3.63) is 76.8 Å². The van der Waals surface area contributed by atoms with Gasteiger partial charge in [-0.15, -0.1) is 0 Å². The van der Waals surface area contributed by atoms with E-state index in [9.17, 15) is 9.90 Å². The second-order valence-corrected chi connectivity index (χ2v) is 8.59. The molecule has 1 saturated carbocycles. The summed E-state index contributed by atoms with van der Waals surface area (Å²) in [5.74, 6) is -0.581. The van der Waals surface area contributed by atoms with Crippen LogP contribution in [-0.2, 0) is 4.79 Å². The molecule has 1 fully saturated rings. The van der Waals surface area contributed by atoms with Gasteiger partial charge in [0.25, 0.3) is 0 Å². The van der Waals surface area contributed by atoms with Gasteiger partial charge in [0.05, 0.1) is 35.0 Å². The van der Waals surface area contributed by atoms with Crippen molar-refractivity contribution in [2.24, 2.45) is 0 Å². The zero-order valence-corrected chi connectivity index (χ0v) is 17.2. The molecule has 0 saturated heterocycles. The third-order valence-corrected chi connectivity index (χ3v) is 7.00. The van der Waals surface area contributed by atoms with E-state index < -0.39 is 12.0 Å². The molecule has 0 aromatic heterocycles. The zero-order chi connectivity index (χ0) is 21.4. The third kappa shape index (κ3) is 2.22. The average Bonchev–Trinajstić information content (AvgIpc) is 2.83. The van der Waals surface area contributed by atoms with Crippen molar-refractivity contribution in [3.63, 3.8) is 0 Å². The molecule has 7 rings (SSSR count). The summed E-state index contributed by atoms with van der Waals surface area (Å²) in [6, 6.07) is 20.2. The largest absolute Gasteiger partial charge is 0.387 e. The highest BCUT2D eigenvalue weighted by Crippen LogP contribution is 2.45. The number of benzene rings is 4. The van der Waals surface area contributed by atoms with Gasteiger partial charge in [0.2, 0.25) is 12.0 Å². The van der Waals surface area contributed by atoms with Crippen LogP contribution < -0.4 is 31.5 Å². The summed E-state index contributed by atoms with van der Waals surface area (Å²) in [6.45, 7) is 1.17. The quantitative estimate of drug-likeness (QED) is 0.313. The van der Waals surface area contributed by atoms with Crippen molar-refractivity contribution in [2.75, 3.05) is 29.3 Å². The van der Waals surface area contributed by atoms with E-state index in [4.69, 9.17) is 0 Å². The molecule has 4 aromatic carbocycles. The minimum Gasteiger partial charge on any atom is -0.387 e. The highest BCUT2D eigenvalue weighted by Gasteiger charge is 2.47. The van der Waals surface area contributed by atoms with Crippen LogP contribution in [0.4, 0.5) is 17.1 Å². The number of aliphatic hydroxyl groups is 1. The molecule has 0 amide bonds. The Kier molecular flexibility index (Phi) is 3.50. The molecule has 32 heavy (non-hydrogen) atoms. The van der Waals surface area contributed by atoms with Crippen molar-refractivity contribution >= 4 is 50.0 Å². The maximum absolute atomic E-state index is 13.5. The minimum absolute atomic E-state index is 0.0145. The Bertz CT molecular complexity index is 1610. The molecule has 0 bridgehead atoms. The number of hydrogen-bond acceptors (Lipinski definition) is 5. The van der Waals surface area contributed by atoms with Gasteiger partial charge in [-0.1, -0.05) is 42.5 Å². The fourth-order valence-corrected chi connectivity index (χ4v) is 5.51. The summed E-state index contributed by atoms with van der Waals surface area (Å²) in [5, 5.41) is 27.4. The monoisotopic (exact) mass is 421 g/mol. The Hall–Kier alpha value is -3.90. The maximum atomic E-state index is 13.5. The van der Waals surface area contributed by atoms with E-state index >= 15 is 0 Å². The number of Topliss-reactive ketones (excluding diaryl/α,β-unsaturated/α-hetero) is 1. The van der Waals surface area contributed by atoms with Gasteiger partial charge >= 0.3 is 0 Å². The summed E-state index contributed by atoms with van der Waals surface area (Å²) < 4.78 is 0. The highest BCUT2D eigenvalue weighted by molar-refractivity contribution is 6.28. The van der Waals surface area contributed by atoms with Crippen molar-refractivity contribution in [1.29, 1.82) is 0 Å². The lowest BCUT2D eigenvalue weighted by Crippen LogP contribution is -2.83. The van der Waals surface area contributed by atoms with Crippen LogP contribution in [-0.4, -0.2) is 30.3 Å². The van der Waals surface area contributed by atoms with Crippen molar-refractivity contribution in [2.45, 2.75) is 12.0 Å². The summed E-state index contributed by atoms with van der Waals surface area (Å²) in [5.41, 5.74) is 4.38. The van der Waals surface area contributed by atoms with Crippen LogP contribution in [0.15, 0.2) is 60.7 Å². The molecule has 0 spiro atoms. The van der Waals surface area contributed by atoms with Crippen LogP contribution >= 0.6 is 0 Å². The molecule has 2 atom stereocenters. The third-order valence-electron chi connectivity index (χ3n) is 7.00. The Balaban J connectivity index is 1.43. The van der Waals surface area contributed by atoms with Gasteiger partial charge in [-0.25, -0.2) is 4.99 Å². The van der Waals surface area contributed by atoms with Gasteiger partial charge in [0.1, 0.15) is 0 Å². The zero-order valence-electron chi connectivity index (χ0n) is 17.2. The van der Waals surface area contributed by atoms with Crippen molar-refractivity contribution < 1.29 is 14.9 Å². The Labute approximate surface area is 183 Å². The van der Waals surface area contributed by atoms with Gasteiger partial charge in [-0.2, -0.15) is 0 Å². The van der Waals surface area contributed by atoms with E-state index in [1.807, 2.05) is 48.5 Å². The van der Waals surface area contributed by atoms with E-state index in [1.54, 1.807) is 0 Å². The number of nitrogens with one attached hydrogen (secondary N) is 4. The van der Waals surface area contributed by atoms with Crippen molar-refractivity contribution in [3.8, 4) is 0 Å². The summed E-state index contributed by atoms with van der Waals surface area (Å²) >= 11 is 0. The molecule has 2 aliphatic heterocycles. The van der Waals surface area contributed by atoms with Gasteiger partial charge < -0.3 is 21.1 Å². The van der Waals surface area contributed by atoms with Crippen LogP contribution in [0.5, 0.6) is 0 Å². The molecule has 6 nitrogen and oxygen atoms in total.